The summed E-state index contributed by atoms with van der Waals surface area (Å²) in [5, 5.41) is 30.5. The monoisotopic (exact) mass is 1190 g/mol. The second-order valence-electron chi connectivity index (χ2n) is 29.9. The smallest absolute Gasteiger partial charge is 0.341 e. The number of hydrogen-bond donors (Lipinski definition) is 3. The molecule has 0 spiro atoms. The molecular weight excluding hydrogens is 1090 g/mol. The van der Waals surface area contributed by atoms with Gasteiger partial charge in [0.1, 0.15) is 34.5 Å². The fourth-order valence-electron chi connectivity index (χ4n) is 12.5. The van der Waals surface area contributed by atoms with Crippen LogP contribution >= 0.6 is 0 Å². The molecule has 0 atom stereocenters. The van der Waals surface area contributed by atoms with Crippen LogP contribution in [0.3, 0.4) is 0 Å². The molecule has 0 aliphatic heterocycles. The SMILES string of the molecule is COc1c2cc(C(C)(C)C)cc1Cc1cc(OCC(=O)O)cc(c1C(C)(C)C)Cc1cc(C(C)(C)C)cc(c1OC)Cc1cc(OCC(=O)O)cc(c1C(C)(C)C)Cc1cc(C(C)(C)C)cc(c1OC)Cc1cc(C(C)(C)C)cc(c1OCC(=O)O)C2. The first-order valence-corrected chi connectivity index (χ1v) is 30.3. The summed E-state index contributed by atoms with van der Waals surface area (Å²) in [7, 11) is 5.09. The molecule has 0 fully saturated rings. The van der Waals surface area contributed by atoms with Crippen molar-refractivity contribution in [1.29, 1.82) is 0 Å². The fourth-order valence-corrected chi connectivity index (χ4v) is 12.5. The predicted molar refractivity (Wildman–Crippen MR) is 347 cm³/mol. The number of benzene rings is 6. The topological polar surface area (TPSA) is 167 Å². The molecule has 0 heterocycles. The lowest BCUT2D eigenvalue weighted by Gasteiger charge is -2.31. The van der Waals surface area contributed by atoms with Gasteiger partial charge in [-0.25, -0.2) is 14.4 Å². The quantitative estimate of drug-likeness (QED) is 0.106. The normalized spacial score (nSPS) is 13.5. The van der Waals surface area contributed by atoms with Gasteiger partial charge in [0.25, 0.3) is 0 Å². The Kier molecular flexibility index (Phi) is 19.5. The van der Waals surface area contributed by atoms with Gasteiger partial charge in [0.2, 0.25) is 0 Å². The summed E-state index contributed by atoms with van der Waals surface area (Å²) in [6.45, 7) is 37.8. The van der Waals surface area contributed by atoms with E-state index >= 15 is 0 Å². The average Bonchev–Trinajstić information content (AvgIpc) is 1.25. The number of rotatable bonds is 12. The third-order valence-electron chi connectivity index (χ3n) is 16.4. The van der Waals surface area contributed by atoms with E-state index in [1.807, 2.05) is 24.3 Å². The third kappa shape index (κ3) is 16.0. The lowest BCUT2D eigenvalue weighted by Crippen LogP contribution is -2.21. The number of carboxylic acid groups (broad SMARTS) is 3. The number of carboxylic acids is 3. The summed E-state index contributed by atoms with van der Waals surface area (Å²) in [5.41, 5.74) is 14.9. The molecule has 468 valence electrons. The maximum Gasteiger partial charge on any atom is 0.341 e. The lowest BCUT2D eigenvalue weighted by molar-refractivity contribution is -0.140. The molecule has 0 amide bonds. The molecule has 0 saturated heterocycles. The van der Waals surface area contributed by atoms with Crippen molar-refractivity contribution in [2.24, 2.45) is 0 Å². The summed E-state index contributed by atoms with van der Waals surface area (Å²) >= 11 is 0. The van der Waals surface area contributed by atoms with Crippen molar-refractivity contribution in [3.8, 4) is 34.5 Å². The van der Waals surface area contributed by atoms with Gasteiger partial charge in [-0.2, -0.15) is 0 Å². The summed E-state index contributed by atoms with van der Waals surface area (Å²) in [6.07, 6.45) is 2.19. The fraction of sp³-hybridized carbons (Fsp3) is 0.480. The molecule has 1 aliphatic carbocycles. The van der Waals surface area contributed by atoms with Gasteiger partial charge in [0, 0.05) is 38.5 Å². The molecule has 7 rings (SSSR count). The number of hydrogen-bond acceptors (Lipinski definition) is 9. The Morgan fingerprint density at radius 3 is 0.678 bits per heavy atom. The average molecular weight is 1190 g/mol. The first-order valence-electron chi connectivity index (χ1n) is 30.3. The Labute approximate surface area is 517 Å². The minimum atomic E-state index is -1.11. The van der Waals surface area contributed by atoms with Gasteiger partial charge < -0.3 is 43.7 Å². The van der Waals surface area contributed by atoms with Gasteiger partial charge >= 0.3 is 17.9 Å². The zero-order chi connectivity index (χ0) is 64.7. The van der Waals surface area contributed by atoms with Crippen LogP contribution in [-0.2, 0) is 85.4 Å². The van der Waals surface area contributed by atoms with E-state index in [2.05, 4.69) is 173 Å². The summed E-state index contributed by atoms with van der Waals surface area (Å²) < 4.78 is 38.8. The number of aliphatic carboxylic acids is 3. The molecule has 3 N–H and O–H groups in total. The van der Waals surface area contributed by atoms with Gasteiger partial charge in [-0.15, -0.1) is 0 Å². The molecule has 0 unspecified atom stereocenters. The van der Waals surface area contributed by atoms with E-state index < -0.39 is 48.6 Å². The van der Waals surface area contributed by atoms with Gasteiger partial charge in [-0.05, 0) is 157 Å². The Morgan fingerprint density at radius 2 is 0.494 bits per heavy atom. The highest BCUT2D eigenvalue weighted by Gasteiger charge is 2.33. The van der Waals surface area contributed by atoms with Crippen LogP contribution in [-0.4, -0.2) is 74.4 Å². The summed E-state index contributed by atoms with van der Waals surface area (Å²) in [6, 6.07) is 25.5. The van der Waals surface area contributed by atoms with Gasteiger partial charge in [0.15, 0.2) is 19.8 Å². The van der Waals surface area contributed by atoms with Crippen LogP contribution < -0.4 is 28.4 Å². The lowest BCUT2D eigenvalue weighted by atomic mass is 9.75. The van der Waals surface area contributed by atoms with Crippen molar-refractivity contribution in [3.63, 3.8) is 0 Å². The van der Waals surface area contributed by atoms with Crippen molar-refractivity contribution in [1.82, 2.24) is 0 Å². The maximum atomic E-state index is 12.7. The van der Waals surface area contributed by atoms with E-state index in [-0.39, 0.29) is 21.7 Å². The van der Waals surface area contributed by atoms with E-state index in [9.17, 15) is 29.7 Å². The Morgan fingerprint density at radius 1 is 0.299 bits per heavy atom. The minimum absolute atomic E-state index is 0.316. The zero-order valence-electron chi connectivity index (χ0n) is 55.8. The van der Waals surface area contributed by atoms with Crippen molar-refractivity contribution in [3.05, 3.63) is 173 Å². The van der Waals surface area contributed by atoms with Crippen LogP contribution in [0.2, 0.25) is 0 Å². The standard InChI is InChI=1S/C75H96O12/c1-70(2,3)55-28-47-22-43-36-59(85-40-61(76)77)38-45(64(43)74(13,14)15)24-49-30-56(71(4,5)6)32-51(67(49)83-20)26-53-34-58(73(10,11)12)35-54(69(53)87-42-63(80)81)27-52-33-57(72(7,8)9)31-50(68(52)84-21)25-46-39-60(86-41-62(78)79)37-44(65(46)75(16,17)18)23-48(29-55)66(47)82-19/h28-39H,22-27,40-42H2,1-21H3,(H,76,77)(H,78,79)(H,80,81). The molecule has 6 aromatic rings. The van der Waals surface area contributed by atoms with E-state index in [0.717, 1.165) is 100 Å². The molecular formula is C75H96O12. The first kappa shape index (κ1) is 67.0. The molecule has 0 aromatic heterocycles. The van der Waals surface area contributed by atoms with E-state index in [1.54, 1.807) is 21.3 Å². The van der Waals surface area contributed by atoms with Gasteiger partial charge in [0.05, 0.1) is 21.3 Å². The molecule has 6 aromatic carbocycles. The molecule has 1 aliphatic rings. The molecule has 12 bridgehead atoms. The Bertz CT molecular complexity index is 3370. The van der Waals surface area contributed by atoms with Crippen LogP contribution in [0.15, 0.2) is 72.8 Å². The van der Waals surface area contributed by atoms with Crippen molar-refractivity contribution >= 4 is 17.9 Å². The van der Waals surface area contributed by atoms with Gasteiger partial charge in [-0.1, -0.05) is 173 Å². The van der Waals surface area contributed by atoms with Crippen molar-refractivity contribution in [2.45, 2.75) is 196 Å². The predicted octanol–water partition coefficient (Wildman–Crippen LogP) is 15.7. The van der Waals surface area contributed by atoms with Crippen LogP contribution in [0.4, 0.5) is 0 Å². The van der Waals surface area contributed by atoms with Gasteiger partial charge in [-0.3, -0.25) is 0 Å². The Balaban J connectivity index is 1.71. The van der Waals surface area contributed by atoms with Crippen molar-refractivity contribution < 1.29 is 58.1 Å². The Hall–Kier alpha value is -7.47. The van der Waals surface area contributed by atoms with Crippen LogP contribution in [0, 0.1) is 0 Å². The van der Waals surface area contributed by atoms with Crippen LogP contribution in [0.1, 0.15) is 225 Å². The van der Waals surface area contributed by atoms with Crippen LogP contribution in [0.25, 0.3) is 0 Å². The number of ether oxygens (including phenoxy) is 6. The molecule has 12 nitrogen and oxygen atoms in total. The minimum Gasteiger partial charge on any atom is -0.496 e. The third-order valence-corrected chi connectivity index (χ3v) is 16.4. The highest BCUT2D eigenvalue weighted by Crippen LogP contribution is 2.46. The summed E-state index contributed by atoms with van der Waals surface area (Å²) in [5.74, 6) is 0.0362. The van der Waals surface area contributed by atoms with E-state index in [4.69, 9.17) is 28.4 Å². The van der Waals surface area contributed by atoms with E-state index in [1.165, 1.54) is 0 Å². The molecule has 87 heavy (non-hydrogen) atoms. The summed E-state index contributed by atoms with van der Waals surface area (Å²) in [4.78, 5) is 37.3. The number of methoxy groups -OCH3 is 3. The second-order valence-corrected chi connectivity index (χ2v) is 29.9. The number of carbonyl (C=O) groups is 3. The second kappa shape index (κ2) is 25.3. The first-order chi connectivity index (χ1) is 40.2. The highest BCUT2D eigenvalue weighted by atomic mass is 16.5. The molecule has 12 heteroatoms. The zero-order valence-corrected chi connectivity index (χ0v) is 55.8. The largest absolute Gasteiger partial charge is 0.496 e. The molecule has 0 radical (unpaired) electrons. The van der Waals surface area contributed by atoms with Crippen molar-refractivity contribution in [2.75, 3.05) is 41.2 Å². The maximum absolute atomic E-state index is 12.7. The molecule has 0 saturated carbocycles. The highest BCUT2D eigenvalue weighted by molar-refractivity contribution is 5.70. The van der Waals surface area contributed by atoms with Crippen LogP contribution in [0.5, 0.6) is 34.5 Å². The van der Waals surface area contributed by atoms with E-state index in [0.29, 0.717) is 73.0 Å². The number of fused-ring (bicyclic) bond motifs is 12.